The van der Waals surface area contributed by atoms with Gasteiger partial charge in [-0.2, -0.15) is 0 Å². The van der Waals surface area contributed by atoms with Gasteiger partial charge in [-0.15, -0.1) is 0 Å². The molecule has 2 unspecified atom stereocenters. The third-order valence-electron chi connectivity index (χ3n) is 4.39. The standard InChI is InChI=1S/C16H32N2/c1-6-16(5,18-11-9-8-10-12-18)15(17-7-2)13-14(3)4/h13,15,17H,6-12H2,1-5H3. The number of likely N-dealkylation sites (tertiary alicyclic amines) is 1. The Morgan fingerprint density at radius 1 is 1.22 bits per heavy atom. The molecule has 0 aromatic rings. The fourth-order valence-corrected chi connectivity index (χ4v) is 3.06. The highest BCUT2D eigenvalue weighted by atomic mass is 15.2. The first-order valence-electron chi connectivity index (χ1n) is 7.68. The monoisotopic (exact) mass is 252 g/mol. The van der Waals surface area contributed by atoms with E-state index in [-0.39, 0.29) is 5.54 Å². The van der Waals surface area contributed by atoms with Gasteiger partial charge in [0, 0.05) is 11.6 Å². The van der Waals surface area contributed by atoms with Gasteiger partial charge in [-0.05, 0) is 59.7 Å². The fourth-order valence-electron chi connectivity index (χ4n) is 3.06. The summed E-state index contributed by atoms with van der Waals surface area (Å²) in [4.78, 5) is 2.71. The van der Waals surface area contributed by atoms with Gasteiger partial charge in [0.2, 0.25) is 0 Å². The van der Waals surface area contributed by atoms with Crippen molar-refractivity contribution in [2.45, 2.75) is 71.9 Å². The third-order valence-corrected chi connectivity index (χ3v) is 4.39. The molecule has 0 amide bonds. The van der Waals surface area contributed by atoms with Crippen molar-refractivity contribution in [1.29, 1.82) is 0 Å². The van der Waals surface area contributed by atoms with E-state index in [1.54, 1.807) is 0 Å². The molecule has 18 heavy (non-hydrogen) atoms. The normalized spacial score (nSPS) is 22.3. The molecule has 0 aliphatic carbocycles. The maximum absolute atomic E-state index is 3.68. The second-order valence-electron chi connectivity index (χ2n) is 6.04. The van der Waals surface area contributed by atoms with E-state index in [0.717, 1.165) is 6.54 Å². The predicted octanol–water partition coefficient (Wildman–Crippen LogP) is 3.59. The van der Waals surface area contributed by atoms with E-state index in [4.69, 9.17) is 0 Å². The van der Waals surface area contributed by atoms with Crippen LogP contribution in [0.1, 0.15) is 60.3 Å². The molecule has 1 N–H and O–H groups in total. The van der Waals surface area contributed by atoms with E-state index in [2.05, 4.69) is 50.9 Å². The maximum atomic E-state index is 3.68. The van der Waals surface area contributed by atoms with E-state index in [9.17, 15) is 0 Å². The van der Waals surface area contributed by atoms with Crippen LogP contribution in [0.4, 0.5) is 0 Å². The number of hydrogen-bond donors (Lipinski definition) is 1. The number of nitrogens with zero attached hydrogens (tertiary/aromatic N) is 1. The summed E-state index contributed by atoms with van der Waals surface area (Å²) in [5.74, 6) is 0. The molecule has 0 aromatic heterocycles. The van der Waals surface area contributed by atoms with Gasteiger partial charge >= 0.3 is 0 Å². The quantitative estimate of drug-likeness (QED) is 0.727. The zero-order valence-corrected chi connectivity index (χ0v) is 13.1. The van der Waals surface area contributed by atoms with Gasteiger partial charge in [-0.1, -0.05) is 31.9 Å². The van der Waals surface area contributed by atoms with E-state index in [1.807, 2.05) is 0 Å². The molecule has 1 rings (SSSR count). The van der Waals surface area contributed by atoms with Gasteiger partial charge in [0.25, 0.3) is 0 Å². The molecule has 0 spiro atoms. The summed E-state index contributed by atoms with van der Waals surface area (Å²) >= 11 is 0. The zero-order chi connectivity index (χ0) is 13.6. The van der Waals surface area contributed by atoms with Crippen LogP contribution in [0.3, 0.4) is 0 Å². The number of rotatable bonds is 6. The molecule has 1 fully saturated rings. The topological polar surface area (TPSA) is 15.3 Å². The summed E-state index contributed by atoms with van der Waals surface area (Å²) in [5, 5.41) is 3.68. The molecule has 0 aromatic carbocycles. The summed E-state index contributed by atoms with van der Waals surface area (Å²) < 4.78 is 0. The lowest BCUT2D eigenvalue weighted by molar-refractivity contribution is 0.0567. The van der Waals surface area contributed by atoms with Crippen molar-refractivity contribution in [3.63, 3.8) is 0 Å². The van der Waals surface area contributed by atoms with Gasteiger partial charge in [-0.3, -0.25) is 4.90 Å². The Morgan fingerprint density at radius 3 is 2.28 bits per heavy atom. The van der Waals surface area contributed by atoms with Crippen LogP contribution in [0.5, 0.6) is 0 Å². The fraction of sp³-hybridized carbons (Fsp3) is 0.875. The zero-order valence-electron chi connectivity index (χ0n) is 13.1. The van der Waals surface area contributed by atoms with Crippen molar-refractivity contribution >= 4 is 0 Å². The Morgan fingerprint density at radius 2 is 1.83 bits per heavy atom. The van der Waals surface area contributed by atoms with Crippen LogP contribution in [0, 0.1) is 0 Å². The molecule has 2 heteroatoms. The van der Waals surface area contributed by atoms with Crippen molar-refractivity contribution < 1.29 is 0 Å². The van der Waals surface area contributed by atoms with Crippen LogP contribution in [0.2, 0.25) is 0 Å². The van der Waals surface area contributed by atoms with Crippen molar-refractivity contribution in [1.82, 2.24) is 10.2 Å². The Balaban J connectivity index is 2.89. The summed E-state index contributed by atoms with van der Waals surface area (Å²) in [7, 11) is 0. The van der Waals surface area contributed by atoms with E-state index in [1.165, 1.54) is 44.3 Å². The number of allylic oxidation sites excluding steroid dienone is 1. The highest BCUT2D eigenvalue weighted by molar-refractivity contribution is 5.11. The largest absolute Gasteiger partial charge is 0.309 e. The maximum Gasteiger partial charge on any atom is 0.0436 e. The average Bonchev–Trinajstić information content (AvgIpc) is 2.38. The van der Waals surface area contributed by atoms with E-state index < -0.39 is 0 Å². The van der Waals surface area contributed by atoms with Crippen LogP contribution < -0.4 is 5.32 Å². The Bertz CT molecular complexity index is 262. The summed E-state index contributed by atoms with van der Waals surface area (Å²) in [6.07, 6.45) is 7.76. The summed E-state index contributed by atoms with van der Waals surface area (Å²) in [5.41, 5.74) is 1.67. The molecule has 1 aliphatic heterocycles. The van der Waals surface area contributed by atoms with Crippen LogP contribution in [0.15, 0.2) is 11.6 Å². The van der Waals surface area contributed by atoms with Crippen LogP contribution in [0.25, 0.3) is 0 Å². The summed E-state index contributed by atoms with van der Waals surface area (Å²) in [6, 6.07) is 0.468. The van der Waals surface area contributed by atoms with Crippen LogP contribution in [-0.2, 0) is 0 Å². The van der Waals surface area contributed by atoms with Crippen molar-refractivity contribution in [2.75, 3.05) is 19.6 Å². The Hall–Kier alpha value is -0.340. The van der Waals surface area contributed by atoms with E-state index in [0.29, 0.717) is 6.04 Å². The minimum absolute atomic E-state index is 0.258. The molecule has 0 saturated carbocycles. The average molecular weight is 252 g/mol. The SMILES string of the molecule is CCNC(C=C(C)C)C(C)(CC)N1CCCCC1. The molecular weight excluding hydrogens is 220 g/mol. The van der Waals surface area contributed by atoms with Gasteiger partial charge in [0.1, 0.15) is 0 Å². The molecule has 1 heterocycles. The Kier molecular flexibility index (Phi) is 6.37. The molecule has 2 atom stereocenters. The first kappa shape index (κ1) is 15.7. The highest BCUT2D eigenvalue weighted by Crippen LogP contribution is 2.28. The van der Waals surface area contributed by atoms with Gasteiger partial charge in [-0.25, -0.2) is 0 Å². The van der Waals surface area contributed by atoms with Gasteiger partial charge in [0.05, 0.1) is 0 Å². The molecule has 1 aliphatic rings. The predicted molar refractivity (Wildman–Crippen MR) is 81.0 cm³/mol. The lowest BCUT2D eigenvalue weighted by Gasteiger charge is -2.47. The molecule has 0 radical (unpaired) electrons. The number of piperidine rings is 1. The van der Waals surface area contributed by atoms with E-state index >= 15 is 0 Å². The molecule has 106 valence electrons. The first-order valence-corrected chi connectivity index (χ1v) is 7.68. The smallest absolute Gasteiger partial charge is 0.0436 e. The first-order chi connectivity index (χ1) is 8.54. The summed E-state index contributed by atoms with van der Waals surface area (Å²) in [6.45, 7) is 15.0. The lowest BCUT2D eigenvalue weighted by Crippen LogP contribution is -2.59. The lowest BCUT2D eigenvalue weighted by atomic mass is 9.84. The molecule has 2 nitrogen and oxygen atoms in total. The Labute approximate surface area is 114 Å². The number of nitrogens with one attached hydrogen (secondary N) is 1. The van der Waals surface area contributed by atoms with Crippen molar-refractivity contribution in [3.05, 3.63) is 11.6 Å². The minimum Gasteiger partial charge on any atom is -0.309 e. The molecule has 1 saturated heterocycles. The molecule has 0 bridgehead atoms. The third kappa shape index (κ3) is 3.83. The van der Waals surface area contributed by atoms with Crippen molar-refractivity contribution in [2.24, 2.45) is 0 Å². The second kappa shape index (κ2) is 7.30. The minimum atomic E-state index is 0.258. The highest BCUT2D eigenvalue weighted by Gasteiger charge is 2.37. The number of hydrogen-bond acceptors (Lipinski definition) is 2. The van der Waals surface area contributed by atoms with Crippen molar-refractivity contribution in [3.8, 4) is 0 Å². The molecular formula is C16H32N2. The second-order valence-corrected chi connectivity index (χ2v) is 6.04. The van der Waals surface area contributed by atoms with Gasteiger partial charge in [0.15, 0.2) is 0 Å². The number of likely N-dealkylation sites (N-methyl/N-ethyl adjacent to an activating group) is 1. The van der Waals surface area contributed by atoms with Gasteiger partial charge < -0.3 is 5.32 Å². The van der Waals surface area contributed by atoms with Crippen LogP contribution >= 0.6 is 0 Å². The van der Waals surface area contributed by atoms with Crippen LogP contribution in [-0.4, -0.2) is 36.1 Å².